The number of aryl methyl sites for hydroxylation is 3. The smallest absolute Gasteiger partial charge is 0.308 e. The molecule has 3 aromatic carbocycles. The molecule has 0 aliphatic rings. The van der Waals surface area contributed by atoms with Gasteiger partial charge < -0.3 is 45.6 Å². The van der Waals surface area contributed by atoms with E-state index in [2.05, 4.69) is 0 Å². The number of hydrogen-bond acceptors (Lipinski definition) is 10. The van der Waals surface area contributed by atoms with Crippen LogP contribution in [0.25, 0.3) is 0 Å². The van der Waals surface area contributed by atoms with Crippen LogP contribution >= 0.6 is 136 Å². The molecule has 12 nitrogen and oxygen atoms in total. The molecule has 0 radical (unpaired) electrons. The molecule has 0 saturated carbocycles. The van der Waals surface area contributed by atoms with E-state index in [1.165, 1.54) is 0 Å². The van der Waals surface area contributed by atoms with Crippen LogP contribution in [0.15, 0.2) is 36.4 Å². The Morgan fingerprint density at radius 3 is 0.980 bits per heavy atom. The van der Waals surface area contributed by atoms with Crippen molar-refractivity contribution in [3.63, 3.8) is 0 Å². The van der Waals surface area contributed by atoms with E-state index in [-0.39, 0.29) is 56.8 Å². The first-order chi connectivity index (χ1) is 21.6. The number of esters is 2. The number of carbonyl (C=O) groups is 3. The lowest BCUT2D eigenvalue weighted by Crippen LogP contribution is -2.13. The van der Waals surface area contributed by atoms with Gasteiger partial charge in [0.2, 0.25) is 6.79 Å². The number of carbonyl (C=O) groups excluding carboxylic acids is 2. The zero-order valence-electron chi connectivity index (χ0n) is 24.1. The molecule has 276 valence electrons. The molecule has 49 heavy (non-hydrogen) atoms. The number of aliphatic hydroxyl groups excluding tert-OH is 1. The molecule has 18 heteroatoms. The molecule has 0 aliphatic carbocycles. The summed E-state index contributed by atoms with van der Waals surface area (Å²) in [5, 5.41) is 51.8. The molecule has 3 aromatic rings. The second-order valence-corrected chi connectivity index (χ2v) is 15.9. The van der Waals surface area contributed by atoms with Crippen molar-refractivity contribution in [3.05, 3.63) is 74.5 Å². The Bertz CT molecular complexity index is 1360. The molecule has 0 saturated heterocycles. The van der Waals surface area contributed by atoms with E-state index >= 15 is 0 Å². The van der Waals surface area contributed by atoms with Crippen LogP contribution < -0.4 is 0 Å². The summed E-state index contributed by atoms with van der Waals surface area (Å²) in [4.78, 5) is 34.0. The molecule has 3 rings (SSSR count). The summed E-state index contributed by atoms with van der Waals surface area (Å²) in [5.74, 6) is -0.979. The largest absolute Gasteiger partial charge is 0.506 e. The number of halogens is 6. The maximum atomic E-state index is 11.8. The van der Waals surface area contributed by atoms with Crippen molar-refractivity contribution in [2.24, 2.45) is 0 Å². The predicted molar refractivity (Wildman–Crippen MR) is 237 cm³/mol. The van der Waals surface area contributed by atoms with Crippen molar-refractivity contribution in [2.45, 2.75) is 53.4 Å². The van der Waals surface area contributed by atoms with Crippen molar-refractivity contribution >= 4 is 153 Å². The van der Waals surface area contributed by atoms with Gasteiger partial charge in [0.25, 0.3) is 0 Å². The summed E-state index contributed by atoms with van der Waals surface area (Å²) < 4.78 is 14.3. The van der Waals surface area contributed by atoms with Crippen LogP contribution in [-0.4, -0.2) is 67.6 Å². The van der Waals surface area contributed by atoms with Crippen molar-refractivity contribution in [1.29, 1.82) is 0 Å². The lowest BCUT2D eigenvalue weighted by atomic mass is 10.1. The number of phenols is 3. The highest BCUT2D eigenvalue weighted by atomic mass is 127. The van der Waals surface area contributed by atoms with E-state index in [9.17, 15) is 29.7 Å². The Balaban J connectivity index is -0.000000894. The number of aliphatic hydroxyl groups is 2. The van der Waals surface area contributed by atoms with Crippen molar-refractivity contribution in [1.82, 2.24) is 0 Å². The van der Waals surface area contributed by atoms with Crippen LogP contribution in [0, 0.1) is 21.4 Å². The molecule has 0 spiro atoms. The fraction of sp³-hybridized carbons (Fsp3) is 0.323. The fourth-order valence-corrected chi connectivity index (χ4v) is 9.03. The van der Waals surface area contributed by atoms with Crippen LogP contribution in [-0.2, 0) is 43.1 Å². The molecule has 0 atom stereocenters. The molecule has 0 amide bonds. The standard InChI is InChI=1S/C19H16I4O6.C9H8I2O3.CH4O2.2CH4.H2O/c20-12-5-10(6-13(21)18(12)26)1-3-16(24)28-9-29-17(25)4-2-11-7-14(22)19(27)15(23)8-11;10-6-3-5(1-2-8(12)13)4-7(11)9(6)14;2-1-3;;;/h5-8,26-27H,1-4,9H2;3-4,14H,1-2H2,(H,12,13);2-3H,1H2;2*1H4;1H2. The molecule has 0 unspecified atom stereocenters. The van der Waals surface area contributed by atoms with Gasteiger partial charge >= 0.3 is 17.9 Å². The van der Waals surface area contributed by atoms with Crippen LogP contribution in [0.1, 0.15) is 50.8 Å². The lowest BCUT2D eigenvalue weighted by molar-refractivity contribution is -0.167. The first-order valence-corrected chi connectivity index (χ1v) is 19.3. The van der Waals surface area contributed by atoms with Gasteiger partial charge in [0.15, 0.2) is 0 Å². The van der Waals surface area contributed by atoms with Gasteiger partial charge in [-0.3, -0.25) is 14.4 Å². The summed E-state index contributed by atoms with van der Waals surface area (Å²) in [6.07, 6.45) is 1.87. The second-order valence-electron chi connectivity index (χ2n) is 8.91. The van der Waals surface area contributed by atoms with Gasteiger partial charge in [0.05, 0.1) is 21.4 Å². The number of rotatable bonds is 11. The molecule has 0 aliphatic heterocycles. The summed E-state index contributed by atoms with van der Waals surface area (Å²) in [6.45, 7) is -1.16. The third-order valence-corrected chi connectivity index (χ3v) is 10.5. The summed E-state index contributed by atoms with van der Waals surface area (Å²) >= 11 is 12.2. The topological polar surface area (TPSA) is 223 Å². The zero-order chi connectivity index (χ0) is 35.0. The zero-order valence-corrected chi connectivity index (χ0v) is 37.1. The maximum Gasteiger partial charge on any atom is 0.308 e. The van der Waals surface area contributed by atoms with E-state index in [4.69, 9.17) is 24.8 Å². The first kappa shape index (κ1) is 53.1. The Morgan fingerprint density at radius 2 is 0.755 bits per heavy atom. The van der Waals surface area contributed by atoms with Gasteiger partial charge in [-0.25, -0.2) is 0 Å². The summed E-state index contributed by atoms with van der Waals surface area (Å²) in [5.41, 5.74) is 2.78. The maximum absolute atomic E-state index is 11.8. The molecular formula is C31H38I6O12. The highest BCUT2D eigenvalue weighted by Gasteiger charge is 2.12. The summed E-state index contributed by atoms with van der Waals surface area (Å²) in [7, 11) is 0. The SMILES string of the molecule is C.C.O.O=C(CCc1cc(I)c(O)c(I)c1)OCOC(=O)CCc1cc(I)c(O)c(I)c1.O=C(O)CCc1cc(I)c(O)c(I)c1.OCO. The van der Waals surface area contributed by atoms with E-state index in [1.54, 1.807) is 12.1 Å². The molecule has 0 fully saturated rings. The Labute approximate surface area is 367 Å². The number of aliphatic carboxylic acids is 1. The van der Waals surface area contributed by atoms with E-state index in [0.717, 1.165) is 38.1 Å². The highest BCUT2D eigenvalue weighted by molar-refractivity contribution is 14.1. The van der Waals surface area contributed by atoms with Crippen molar-refractivity contribution in [2.75, 3.05) is 13.6 Å². The first-order valence-electron chi connectivity index (χ1n) is 12.8. The Hall–Kier alpha value is -0.270. The van der Waals surface area contributed by atoms with Crippen LogP contribution in [0.5, 0.6) is 17.2 Å². The number of carboxylic acids is 1. The molecule has 0 heterocycles. The third kappa shape index (κ3) is 21.1. The van der Waals surface area contributed by atoms with Gasteiger partial charge in [-0.05, 0) is 208 Å². The minimum atomic E-state index is -0.803. The van der Waals surface area contributed by atoms with Gasteiger partial charge in [-0.1, -0.05) is 14.9 Å². The minimum absolute atomic E-state index is 0. The van der Waals surface area contributed by atoms with E-state index in [1.807, 2.05) is 160 Å². The number of carboxylic acid groups (broad SMARTS) is 1. The average Bonchev–Trinajstić information content (AvgIpc) is 2.98. The summed E-state index contributed by atoms with van der Waals surface area (Å²) in [6, 6.07) is 10.9. The van der Waals surface area contributed by atoms with Crippen LogP contribution in [0.3, 0.4) is 0 Å². The number of aromatic hydroxyl groups is 3. The quantitative estimate of drug-likeness (QED) is 0.0645. The number of ether oxygens (including phenoxy) is 2. The lowest BCUT2D eigenvalue weighted by Gasteiger charge is -2.08. The Kier molecular flexibility index (Phi) is 30.6. The number of benzene rings is 3. The monoisotopic (exact) mass is 1360 g/mol. The molecule has 8 N–H and O–H groups in total. The number of hydrogen-bond donors (Lipinski definition) is 6. The Morgan fingerprint density at radius 1 is 0.531 bits per heavy atom. The minimum Gasteiger partial charge on any atom is -0.506 e. The van der Waals surface area contributed by atoms with Gasteiger partial charge in [0, 0.05) is 19.3 Å². The highest BCUT2D eigenvalue weighted by Crippen LogP contribution is 2.29. The fourth-order valence-electron chi connectivity index (χ4n) is 3.34. The van der Waals surface area contributed by atoms with Gasteiger partial charge in [-0.15, -0.1) is 0 Å². The van der Waals surface area contributed by atoms with Gasteiger partial charge in [0.1, 0.15) is 24.0 Å². The predicted octanol–water partition coefficient (Wildman–Crippen LogP) is 7.12. The normalized spacial score (nSPS) is 9.55. The number of phenolic OH excluding ortho intramolecular Hbond substituents is 3. The van der Waals surface area contributed by atoms with Crippen molar-refractivity contribution < 1.29 is 60.0 Å². The van der Waals surface area contributed by atoms with E-state index in [0.29, 0.717) is 19.3 Å². The molecular weight excluding hydrogens is 1330 g/mol. The van der Waals surface area contributed by atoms with Crippen molar-refractivity contribution in [3.8, 4) is 17.2 Å². The molecule has 0 bridgehead atoms. The second kappa shape index (κ2) is 28.3. The van der Waals surface area contributed by atoms with E-state index < -0.39 is 31.5 Å². The molecule has 0 aromatic heterocycles. The third-order valence-electron chi connectivity index (χ3n) is 5.53. The average molecular weight is 1360 g/mol. The van der Waals surface area contributed by atoms with Gasteiger partial charge in [-0.2, -0.15) is 0 Å². The van der Waals surface area contributed by atoms with Crippen LogP contribution in [0.4, 0.5) is 0 Å². The van der Waals surface area contributed by atoms with Crippen LogP contribution in [0.2, 0.25) is 0 Å².